The van der Waals surface area contributed by atoms with Gasteiger partial charge in [-0.25, -0.2) is 0 Å². The average molecular weight is 257 g/mol. The number of nitrogens with zero attached hydrogens (tertiary/aromatic N) is 1. The van der Waals surface area contributed by atoms with Crippen LogP contribution in [0.2, 0.25) is 0 Å². The number of methoxy groups -OCH3 is 1. The molecule has 2 aromatic rings. The molecule has 4 nitrogen and oxygen atoms in total. The Kier molecular flexibility index (Phi) is 4.00. The van der Waals surface area contributed by atoms with Gasteiger partial charge in [-0.3, -0.25) is 0 Å². The fourth-order valence-electron chi connectivity index (χ4n) is 1.98. The van der Waals surface area contributed by atoms with Crippen LogP contribution in [-0.2, 0) is 0 Å². The molecule has 0 aromatic heterocycles. The van der Waals surface area contributed by atoms with E-state index in [9.17, 15) is 10.2 Å². The molecule has 4 heteroatoms. The molecule has 0 radical (unpaired) electrons. The van der Waals surface area contributed by atoms with Crippen molar-refractivity contribution in [3.05, 3.63) is 42.0 Å². The zero-order valence-electron chi connectivity index (χ0n) is 10.6. The fourth-order valence-corrected chi connectivity index (χ4v) is 1.98. The molecule has 2 aromatic carbocycles. The summed E-state index contributed by atoms with van der Waals surface area (Å²) < 4.78 is 5.14. The first-order valence-electron chi connectivity index (χ1n) is 5.96. The summed E-state index contributed by atoms with van der Waals surface area (Å²) in [6.45, 7) is 0. The zero-order chi connectivity index (χ0) is 13.8. The number of fused-ring (bicyclic) bond motifs is 1. The van der Waals surface area contributed by atoms with Crippen molar-refractivity contribution < 1.29 is 14.9 Å². The first-order valence-corrected chi connectivity index (χ1v) is 5.96. The molecule has 0 aliphatic rings. The van der Waals surface area contributed by atoms with Gasteiger partial charge in [-0.15, -0.1) is 0 Å². The van der Waals surface area contributed by atoms with E-state index < -0.39 is 12.2 Å². The van der Waals surface area contributed by atoms with Gasteiger partial charge in [0.15, 0.2) is 0 Å². The van der Waals surface area contributed by atoms with Crippen molar-refractivity contribution in [3.8, 4) is 11.8 Å². The van der Waals surface area contributed by atoms with Crippen molar-refractivity contribution in [1.82, 2.24) is 0 Å². The quantitative estimate of drug-likeness (QED) is 0.880. The van der Waals surface area contributed by atoms with Crippen LogP contribution in [0.1, 0.15) is 18.1 Å². The summed E-state index contributed by atoms with van der Waals surface area (Å²) >= 11 is 0. The second-order valence-electron chi connectivity index (χ2n) is 4.35. The van der Waals surface area contributed by atoms with Gasteiger partial charge in [0.2, 0.25) is 0 Å². The van der Waals surface area contributed by atoms with Gasteiger partial charge in [-0.2, -0.15) is 5.26 Å². The van der Waals surface area contributed by atoms with E-state index in [2.05, 4.69) is 0 Å². The lowest BCUT2D eigenvalue weighted by Gasteiger charge is -2.16. The van der Waals surface area contributed by atoms with Crippen LogP contribution in [-0.4, -0.2) is 23.4 Å². The van der Waals surface area contributed by atoms with Gasteiger partial charge in [0.05, 0.1) is 25.7 Å². The number of aliphatic hydroxyl groups excluding tert-OH is 2. The number of nitriles is 1. The molecule has 2 unspecified atom stereocenters. The minimum absolute atomic E-state index is 0.0954. The molecule has 0 amide bonds. The number of benzene rings is 2. The predicted molar refractivity (Wildman–Crippen MR) is 71.7 cm³/mol. The van der Waals surface area contributed by atoms with Gasteiger partial charge < -0.3 is 14.9 Å². The third-order valence-corrected chi connectivity index (χ3v) is 3.08. The molecule has 0 bridgehead atoms. The van der Waals surface area contributed by atoms with Crippen molar-refractivity contribution >= 4 is 10.8 Å². The highest BCUT2D eigenvalue weighted by molar-refractivity contribution is 5.84. The molecule has 0 heterocycles. The van der Waals surface area contributed by atoms with Crippen molar-refractivity contribution in [1.29, 1.82) is 5.26 Å². The van der Waals surface area contributed by atoms with E-state index in [4.69, 9.17) is 10.00 Å². The van der Waals surface area contributed by atoms with E-state index in [0.717, 1.165) is 16.5 Å². The second kappa shape index (κ2) is 5.70. The summed E-state index contributed by atoms with van der Waals surface area (Å²) in [5.41, 5.74) is 0.598. The van der Waals surface area contributed by atoms with Crippen LogP contribution in [0.3, 0.4) is 0 Å². The molecule has 0 saturated carbocycles. The molecule has 98 valence electrons. The monoisotopic (exact) mass is 257 g/mol. The van der Waals surface area contributed by atoms with Gasteiger partial charge in [0.25, 0.3) is 0 Å². The SMILES string of the molecule is COc1ccc2cc(C(O)C(O)CC#N)ccc2c1. The molecule has 2 rings (SSSR count). The first kappa shape index (κ1) is 13.3. The third kappa shape index (κ3) is 2.84. The maximum Gasteiger partial charge on any atom is 0.119 e. The Morgan fingerprint density at radius 2 is 1.84 bits per heavy atom. The van der Waals surface area contributed by atoms with Gasteiger partial charge >= 0.3 is 0 Å². The summed E-state index contributed by atoms with van der Waals surface area (Å²) in [7, 11) is 1.61. The van der Waals surface area contributed by atoms with Gasteiger partial charge in [-0.1, -0.05) is 18.2 Å². The summed E-state index contributed by atoms with van der Waals surface area (Å²) in [6, 6.07) is 12.9. The van der Waals surface area contributed by atoms with Crippen LogP contribution in [0, 0.1) is 11.3 Å². The molecule has 2 N–H and O–H groups in total. The molecule has 2 atom stereocenters. The molecule has 19 heavy (non-hydrogen) atoms. The molecular weight excluding hydrogens is 242 g/mol. The second-order valence-corrected chi connectivity index (χ2v) is 4.35. The number of rotatable bonds is 4. The van der Waals surface area contributed by atoms with Gasteiger partial charge in [0.1, 0.15) is 11.9 Å². The maximum absolute atomic E-state index is 9.95. The Labute approximate surface area is 111 Å². The highest BCUT2D eigenvalue weighted by atomic mass is 16.5. The van der Waals surface area contributed by atoms with Crippen molar-refractivity contribution in [2.24, 2.45) is 0 Å². The fraction of sp³-hybridized carbons (Fsp3) is 0.267. The van der Waals surface area contributed by atoms with E-state index in [-0.39, 0.29) is 6.42 Å². The van der Waals surface area contributed by atoms with Gasteiger partial charge in [0, 0.05) is 0 Å². The minimum atomic E-state index is -1.07. The van der Waals surface area contributed by atoms with E-state index in [1.807, 2.05) is 30.3 Å². The Morgan fingerprint density at radius 1 is 1.16 bits per heavy atom. The predicted octanol–water partition coefficient (Wildman–Crippen LogP) is 2.16. The summed E-state index contributed by atoms with van der Waals surface area (Å²) in [4.78, 5) is 0. The lowest BCUT2D eigenvalue weighted by atomic mass is 9.99. The Morgan fingerprint density at radius 3 is 2.53 bits per heavy atom. The molecule has 0 aliphatic heterocycles. The normalized spacial score (nSPS) is 13.8. The lowest BCUT2D eigenvalue weighted by molar-refractivity contribution is 0.0217. The van der Waals surface area contributed by atoms with Crippen molar-refractivity contribution in [3.63, 3.8) is 0 Å². The van der Waals surface area contributed by atoms with Crippen LogP contribution in [0.25, 0.3) is 10.8 Å². The Balaban J connectivity index is 2.34. The van der Waals surface area contributed by atoms with E-state index in [0.29, 0.717) is 5.56 Å². The molecule has 0 aliphatic carbocycles. The summed E-state index contributed by atoms with van der Waals surface area (Å²) in [5.74, 6) is 0.769. The van der Waals surface area contributed by atoms with Crippen LogP contribution >= 0.6 is 0 Å². The largest absolute Gasteiger partial charge is 0.497 e. The van der Waals surface area contributed by atoms with Crippen LogP contribution < -0.4 is 4.74 Å². The lowest BCUT2D eigenvalue weighted by Crippen LogP contribution is -2.17. The number of aliphatic hydroxyl groups is 2. The van der Waals surface area contributed by atoms with E-state index >= 15 is 0 Å². The summed E-state index contributed by atoms with van der Waals surface area (Å²) in [6.07, 6.45) is -2.21. The van der Waals surface area contributed by atoms with Crippen LogP contribution in [0.15, 0.2) is 36.4 Å². The number of ether oxygens (including phenoxy) is 1. The highest BCUT2D eigenvalue weighted by Gasteiger charge is 2.18. The topological polar surface area (TPSA) is 73.5 Å². The number of hydrogen-bond acceptors (Lipinski definition) is 4. The van der Waals surface area contributed by atoms with E-state index in [1.54, 1.807) is 19.2 Å². The minimum Gasteiger partial charge on any atom is -0.497 e. The van der Waals surface area contributed by atoms with E-state index in [1.165, 1.54) is 0 Å². The first-order chi connectivity index (χ1) is 9.15. The van der Waals surface area contributed by atoms with Crippen molar-refractivity contribution in [2.75, 3.05) is 7.11 Å². The number of hydrogen-bond donors (Lipinski definition) is 2. The van der Waals surface area contributed by atoms with Crippen LogP contribution in [0.5, 0.6) is 5.75 Å². The Hall–Kier alpha value is -2.09. The summed E-state index contributed by atoms with van der Waals surface area (Å²) in [5, 5.41) is 30.1. The standard InChI is InChI=1S/C15H15NO3/c1-19-13-5-4-10-8-12(3-2-11(10)9-13)15(18)14(17)6-7-16/h2-5,8-9,14-15,17-18H,6H2,1H3. The molecular formula is C15H15NO3. The van der Waals surface area contributed by atoms with Crippen LogP contribution in [0.4, 0.5) is 0 Å². The molecule has 0 saturated heterocycles. The van der Waals surface area contributed by atoms with Crippen molar-refractivity contribution in [2.45, 2.75) is 18.6 Å². The zero-order valence-corrected chi connectivity index (χ0v) is 10.6. The smallest absolute Gasteiger partial charge is 0.119 e. The average Bonchev–Trinajstić information content (AvgIpc) is 2.45. The maximum atomic E-state index is 9.95. The highest BCUT2D eigenvalue weighted by Crippen LogP contribution is 2.26. The van der Waals surface area contributed by atoms with Gasteiger partial charge in [-0.05, 0) is 34.5 Å². The third-order valence-electron chi connectivity index (χ3n) is 3.08. The molecule has 0 spiro atoms. The molecule has 0 fully saturated rings. The Bertz CT molecular complexity index is 618.